The molecule has 134 valence electrons. The van der Waals surface area contributed by atoms with Gasteiger partial charge in [-0.15, -0.1) is 11.3 Å². The van der Waals surface area contributed by atoms with Crippen LogP contribution in [-0.4, -0.2) is 21.0 Å². The van der Waals surface area contributed by atoms with Crippen molar-refractivity contribution >= 4 is 56.3 Å². The predicted molar refractivity (Wildman–Crippen MR) is 113 cm³/mol. The Kier molecular flexibility index (Phi) is 5.24. The number of thioether (sulfide) groups is 1. The van der Waals surface area contributed by atoms with Gasteiger partial charge in [0.15, 0.2) is 0 Å². The Balaban J connectivity index is 1.51. The largest absolute Gasteiger partial charge is 0.293 e. The summed E-state index contributed by atoms with van der Waals surface area (Å²) in [4.78, 5) is 31.2. The van der Waals surface area contributed by atoms with E-state index in [0.717, 1.165) is 32.4 Å². The molecular weight excluding hydrogens is 444 g/mol. The number of carbonyl (C=O) groups excluding carboxylic acids is 2. The minimum absolute atomic E-state index is 0.186. The van der Waals surface area contributed by atoms with Crippen molar-refractivity contribution in [1.29, 1.82) is 0 Å². The second kappa shape index (κ2) is 7.80. The number of amides is 2. The number of aromatic nitrogens is 1. The van der Waals surface area contributed by atoms with Gasteiger partial charge in [-0.05, 0) is 35.5 Å². The number of thiazole rings is 1. The van der Waals surface area contributed by atoms with Crippen molar-refractivity contribution in [3.8, 4) is 10.6 Å². The zero-order valence-corrected chi connectivity index (χ0v) is 17.2. The van der Waals surface area contributed by atoms with Crippen molar-refractivity contribution in [2.24, 2.45) is 0 Å². The molecule has 1 fully saturated rings. The highest BCUT2D eigenvalue weighted by molar-refractivity contribution is 9.10. The standard InChI is InChI=1S/C20H13BrN2O2S2/c21-15-8-6-13(7-9-15)10-17-19(24)23(20(25)27-17)11-16-12-26-18(22-16)14-4-2-1-3-5-14/h1-10,12H,11H2/b17-10+. The zero-order chi connectivity index (χ0) is 18.8. The van der Waals surface area contributed by atoms with Gasteiger partial charge in [0.25, 0.3) is 11.1 Å². The first-order valence-corrected chi connectivity index (χ1v) is 10.6. The van der Waals surface area contributed by atoms with Crippen molar-refractivity contribution in [1.82, 2.24) is 9.88 Å². The lowest BCUT2D eigenvalue weighted by atomic mass is 10.2. The van der Waals surface area contributed by atoms with Gasteiger partial charge in [-0.2, -0.15) is 0 Å². The van der Waals surface area contributed by atoms with E-state index in [9.17, 15) is 9.59 Å². The molecule has 2 amide bonds. The smallest absolute Gasteiger partial charge is 0.268 e. The fourth-order valence-electron chi connectivity index (χ4n) is 2.60. The van der Waals surface area contributed by atoms with E-state index in [2.05, 4.69) is 20.9 Å². The molecule has 1 aliphatic heterocycles. The fraction of sp³-hybridized carbons (Fsp3) is 0.0500. The first-order valence-electron chi connectivity index (χ1n) is 8.11. The maximum atomic E-state index is 12.7. The lowest BCUT2D eigenvalue weighted by molar-refractivity contribution is -0.123. The summed E-state index contributed by atoms with van der Waals surface area (Å²) in [7, 11) is 0. The minimum Gasteiger partial charge on any atom is -0.268 e. The van der Waals surface area contributed by atoms with Crippen LogP contribution in [-0.2, 0) is 11.3 Å². The summed E-state index contributed by atoms with van der Waals surface area (Å²) < 4.78 is 0.963. The lowest BCUT2D eigenvalue weighted by Gasteiger charge is -2.10. The van der Waals surface area contributed by atoms with Crippen LogP contribution < -0.4 is 0 Å². The average molecular weight is 457 g/mol. The van der Waals surface area contributed by atoms with E-state index in [1.807, 2.05) is 60.0 Å². The van der Waals surface area contributed by atoms with Gasteiger partial charge in [0, 0.05) is 15.4 Å². The molecule has 0 saturated carbocycles. The third kappa shape index (κ3) is 4.05. The second-order valence-corrected chi connectivity index (χ2v) is 8.60. The first-order chi connectivity index (χ1) is 13.1. The molecule has 0 radical (unpaired) electrons. The Morgan fingerprint density at radius 2 is 1.78 bits per heavy atom. The van der Waals surface area contributed by atoms with Crippen LogP contribution in [0, 0.1) is 0 Å². The number of nitrogens with zero attached hydrogens (tertiary/aromatic N) is 2. The molecular formula is C20H13BrN2O2S2. The van der Waals surface area contributed by atoms with Gasteiger partial charge in [-0.1, -0.05) is 58.4 Å². The van der Waals surface area contributed by atoms with Gasteiger partial charge < -0.3 is 0 Å². The normalized spacial score (nSPS) is 15.7. The topological polar surface area (TPSA) is 50.3 Å². The molecule has 2 aromatic carbocycles. The average Bonchev–Trinajstić information content (AvgIpc) is 3.25. The van der Waals surface area contributed by atoms with Crippen molar-refractivity contribution < 1.29 is 9.59 Å². The van der Waals surface area contributed by atoms with Crippen LogP contribution in [0.5, 0.6) is 0 Å². The Hall–Kier alpha value is -2.22. The summed E-state index contributed by atoms with van der Waals surface area (Å²) in [5.74, 6) is -0.276. The number of benzene rings is 2. The Bertz CT molecular complexity index is 1030. The van der Waals surface area contributed by atoms with Gasteiger partial charge in [0.2, 0.25) is 0 Å². The van der Waals surface area contributed by atoms with E-state index in [0.29, 0.717) is 10.6 Å². The molecule has 3 aromatic rings. The number of hydrogen-bond acceptors (Lipinski definition) is 5. The van der Waals surface area contributed by atoms with E-state index in [-0.39, 0.29) is 17.7 Å². The summed E-state index contributed by atoms with van der Waals surface area (Å²) in [6, 6.07) is 17.4. The third-order valence-electron chi connectivity index (χ3n) is 3.93. The quantitative estimate of drug-likeness (QED) is 0.464. The molecule has 1 aliphatic rings. The van der Waals surface area contributed by atoms with Crippen molar-refractivity contribution in [2.75, 3.05) is 0 Å². The van der Waals surface area contributed by atoms with Crippen molar-refractivity contribution in [3.05, 3.63) is 80.6 Å². The van der Waals surface area contributed by atoms with Crippen LogP contribution in [0.3, 0.4) is 0 Å². The highest BCUT2D eigenvalue weighted by Crippen LogP contribution is 2.34. The predicted octanol–water partition coefficient (Wildman–Crippen LogP) is 5.81. The minimum atomic E-state index is -0.276. The van der Waals surface area contributed by atoms with Crippen LogP contribution in [0.1, 0.15) is 11.3 Å². The monoisotopic (exact) mass is 456 g/mol. The maximum absolute atomic E-state index is 12.7. The number of hydrogen-bond donors (Lipinski definition) is 0. The summed E-state index contributed by atoms with van der Waals surface area (Å²) in [5.41, 5.74) is 2.62. The number of carbonyl (C=O) groups is 2. The van der Waals surface area contributed by atoms with Crippen molar-refractivity contribution in [2.45, 2.75) is 6.54 Å². The Labute approximate surface area is 173 Å². The molecule has 27 heavy (non-hydrogen) atoms. The second-order valence-electron chi connectivity index (χ2n) is 5.83. The molecule has 0 aliphatic carbocycles. The molecule has 0 unspecified atom stereocenters. The highest BCUT2D eigenvalue weighted by atomic mass is 79.9. The van der Waals surface area contributed by atoms with E-state index < -0.39 is 0 Å². The highest BCUT2D eigenvalue weighted by Gasteiger charge is 2.35. The third-order valence-corrected chi connectivity index (χ3v) is 6.31. The van der Waals surface area contributed by atoms with Gasteiger partial charge >= 0.3 is 0 Å². The van der Waals surface area contributed by atoms with Crippen LogP contribution in [0.4, 0.5) is 4.79 Å². The lowest BCUT2D eigenvalue weighted by Crippen LogP contribution is -2.27. The van der Waals surface area contributed by atoms with Crippen LogP contribution >= 0.6 is 39.0 Å². The number of rotatable bonds is 4. The van der Waals surface area contributed by atoms with Crippen LogP contribution in [0.15, 0.2) is 69.4 Å². The fourth-order valence-corrected chi connectivity index (χ4v) is 4.52. The van der Waals surface area contributed by atoms with E-state index in [1.165, 1.54) is 16.2 Å². The summed E-state index contributed by atoms with van der Waals surface area (Å²) in [6.45, 7) is 0.186. The summed E-state index contributed by atoms with van der Waals surface area (Å²) >= 11 is 5.86. The number of halogens is 1. The van der Waals surface area contributed by atoms with E-state index in [1.54, 1.807) is 6.08 Å². The van der Waals surface area contributed by atoms with Gasteiger partial charge in [-0.25, -0.2) is 4.98 Å². The Morgan fingerprint density at radius 3 is 2.52 bits per heavy atom. The first kappa shape index (κ1) is 18.2. The van der Waals surface area contributed by atoms with Crippen molar-refractivity contribution in [3.63, 3.8) is 0 Å². The van der Waals surface area contributed by atoms with Gasteiger partial charge in [0.05, 0.1) is 17.1 Å². The molecule has 1 aromatic heterocycles. The summed E-state index contributed by atoms with van der Waals surface area (Å²) in [5, 5.41) is 2.50. The zero-order valence-electron chi connectivity index (χ0n) is 14.0. The Morgan fingerprint density at radius 1 is 1.04 bits per heavy atom. The molecule has 1 saturated heterocycles. The van der Waals surface area contributed by atoms with Gasteiger partial charge in [-0.3, -0.25) is 14.5 Å². The van der Waals surface area contributed by atoms with Crippen LogP contribution in [0.2, 0.25) is 0 Å². The molecule has 0 N–H and O–H groups in total. The molecule has 4 nitrogen and oxygen atoms in total. The number of imide groups is 1. The van der Waals surface area contributed by atoms with E-state index >= 15 is 0 Å². The molecule has 0 spiro atoms. The summed E-state index contributed by atoms with van der Waals surface area (Å²) in [6.07, 6.45) is 1.74. The molecule has 0 bridgehead atoms. The van der Waals surface area contributed by atoms with E-state index in [4.69, 9.17) is 0 Å². The van der Waals surface area contributed by atoms with Gasteiger partial charge in [0.1, 0.15) is 5.01 Å². The molecule has 0 atom stereocenters. The maximum Gasteiger partial charge on any atom is 0.293 e. The van der Waals surface area contributed by atoms with Crippen LogP contribution in [0.25, 0.3) is 16.6 Å². The molecule has 2 heterocycles. The SMILES string of the molecule is O=C1S/C(=C/c2ccc(Br)cc2)C(=O)N1Cc1csc(-c2ccccc2)n1. The molecule has 4 rings (SSSR count). The molecule has 7 heteroatoms.